The Bertz CT molecular complexity index is 552. The van der Waals surface area contributed by atoms with E-state index >= 15 is 0 Å². The van der Waals surface area contributed by atoms with Crippen molar-refractivity contribution in [1.29, 1.82) is 0 Å². The number of benzene rings is 1. The number of nitrogens with zero attached hydrogens (tertiary/aromatic N) is 1. The summed E-state index contributed by atoms with van der Waals surface area (Å²) in [6, 6.07) is 11.4. The zero-order valence-electron chi connectivity index (χ0n) is 9.77. The van der Waals surface area contributed by atoms with Gasteiger partial charge in [-0.15, -0.1) is 0 Å². The highest BCUT2D eigenvalue weighted by Crippen LogP contribution is 2.13. The summed E-state index contributed by atoms with van der Waals surface area (Å²) >= 11 is 3.37. The summed E-state index contributed by atoms with van der Waals surface area (Å²) in [7, 11) is 0. The van der Waals surface area contributed by atoms with E-state index in [0.717, 1.165) is 15.6 Å². The smallest absolute Gasteiger partial charge is 0.141 e. The highest BCUT2D eigenvalue weighted by atomic mass is 79.9. The predicted octanol–water partition coefficient (Wildman–Crippen LogP) is 2.78. The number of nitrogens with two attached hydrogens (primary N) is 1. The second-order valence-electron chi connectivity index (χ2n) is 4.07. The van der Waals surface area contributed by atoms with E-state index in [9.17, 15) is 4.79 Å². The van der Waals surface area contributed by atoms with Crippen molar-refractivity contribution in [2.75, 3.05) is 5.73 Å². The van der Waals surface area contributed by atoms with Crippen molar-refractivity contribution in [3.63, 3.8) is 0 Å². The quantitative estimate of drug-likeness (QED) is 0.945. The van der Waals surface area contributed by atoms with Gasteiger partial charge in [-0.2, -0.15) is 0 Å². The molecule has 2 rings (SSSR count). The normalized spacial score (nSPS) is 10.3. The second-order valence-corrected chi connectivity index (χ2v) is 4.98. The summed E-state index contributed by atoms with van der Waals surface area (Å²) in [5.41, 5.74) is 7.51. The molecule has 3 nitrogen and oxygen atoms in total. The Balaban J connectivity index is 2.01. The number of ketones is 1. The molecule has 0 radical (unpaired) electrons. The molecule has 0 atom stereocenters. The minimum Gasteiger partial charge on any atom is -0.383 e. The van der Waals surface area contributed by atoms with E-state index in [-0.39, 0.29) is 5.78 Å². The van der Waals surface area contributed by atoms with Crippen molar-refractivity contribution in [2.45, 2.75) is 12.8 Å². The first-order valence-electron chi connectivity index (χ1n) is 5.60. The predicted molar refractivity (Wildman–Crippen MR) is 75.2 cm³/mol. The summed E-state index contributed by atoms with van der Waals surface area (Å²) in [6.07, 6.45) is 2.37. The number of carbonyl (C=O) groups excluding carboxylic acids is 1. The number of pyridine rings is 1. The van der Waals surface area contributed by atoms with Gasteiger partial charge in [-0.1, -0.05) is 34.1 Å². The molecule has 92 valence electrons. The number of hydrogen-bond donors (Lipinski definition) is 1. The molecule has 0 aliphatic carbocycles. The number of anilines is 1. The highest BCUT2D eigenvalue weighted by molar-refractivity contribution is 9.10. The second kappa shape index (κ2) is 5.78. The number of Topliss-reactive ketones (excluding diaryl/α,β-unsaturated/α-hetero) is 1. The lowest BCUT2D eigenvalue weighted by Crippen LogP contribution is -2.09. The van der Waals surface area contributed by atoms with Crippen molar-refractivity contribution < 1.29 is 4.79 Å². The number of rotatable bonds is 4. The van der Waals surface area contributed by atoms with Gasteiger partial charge in [0, 0.05) is 29.1 Å². The van der Waals surface area contributed by atoms with Crippen LogP contribution in [0.2, 0.25) is 0 Å². The van der Waals surface area contributed by atoms with E-state index < -0.39 is 0 Å². The zero-order valence-corrected chi connectivity index (χ0v) is 11.4. The zero-order chi connectivity index (χ0) is 13.0. The monoisotopic (exact) mass is 304 g/mol. The molecule has 18 heavy (non-hydrogen) atoms. The van der Waals surface area contributed by atoms with E-state index in [0.29, 0.717) is 18.7 Å². The van der Waals surface area contributed by atoms with Crippen LogP contribution in [0.3, 0.4) is 0 Å². The van der Waals surface area contributed by atoms with Crippen LogP contribution in [-0.4, -0.2) is 10.8 Å². The maximum Gasteiger partial charge on any atom is 0.141 e. The van der Waals surface area contributed by atoms with Crippen LogP contribution in [0.15, 0.2) is 47.1 Å². The van der Waals surface area contributed by atoms with Crippen LogP contribution in [0, 0.1) is 0 Å². The SMILES string of the molecule is Nc1ncccc1CC(=O)Cc1ccc(Br)cc1. The van der Waals surface area contributed by atoms with E-state index in [1.807, 2.05) is 30.3 Å². The largest absolute Gasteiger partial charge is 0.383 e. The topological polar surface area (TPSA) is 56.0 Å². The van der Waals surface area contributed by atoms with Crippen LogP contribution in [0.1, 0.15) is 11.1 Å². The maximum absolute atomic E-state index is 11.9. The molecule has 4 heteroatoms. The molecule has 0 saturated heterocycles. The molecule has 1 aromatic carbocycles. The van der Waals surface area contributed by atoms with Crippen molar-refractivity contribution in [2.24, 2.45) is 0 Å². The Morgan fingerprint density at radius 3 is 2.56 bits per heavy atom. The third kappa shape index (κ3) is 3.40. The van der Waals surface area contributed by atoms with Crippen LogP contribution >= 0.6 is 15.9 Å². The minimum absolute atomic E-state index is 0.136. The van der Waals surface area contributed by atoms with Gasteiger partial charge in [-0.3, -0.25) is 4.79 Å². The first kappa shape index (κ1) is 12.8. The molecule has 0 bridgehead atoms. The van der Waals surface area contributed by atoms with Crippen molar-refractivity contribution in [3.05, 3.63) is 58.2 Å². The standard InChI is InChI=1S/C14H13BrN2O/c15-12-5-3-10(4-6-12)8-13(18)9-11-2-1-7-17-14(11)16/h1-7H,8-9H2,(H2,16,17). The van der Waals surface area contributed by atoms with Gasteiger partial charge >= 0.3 is 0 Å². The van der Waals surface area contributed by atoms with Gasteiger partial charge in [0.1, 0.15) is 11.6 Å². The Hall–Kier alpha value is -1.68. The van der Waals surface area contributed by atoms with Crippen LogP contribution in [0.4, 0.5) is 5.82 Å². The Kier molecular flexibility index (Phi) is 4.10. The lowest BCUT2D eigenvalue weighted by molar-refractivity contribution is -0.117. The fourth-order valence-corrected chi connectivity index (χ4v) is 1.97. The van der Waals surface area contributed by atoms with Crippen LogP contribution in [-0.2, 0) is 17.6 Å². The van der Waals surface area contributed by atoms with E-state index in [1.54, 1.807) is 12.3 Å². The number of aromatic nitrogens is 1. The number of nitrogen functional groups attached to an aromatic ring is 1. The van der Waals surface area contributed by atoms with Gasteiger partial charge in [-0.05, 0) is 23.8 Å². The molecular formula is C14H13BrN2O. The van der Waals surface area contributed by atoms with E-state index in [2.05, 4.69) is 20.9 Å². The summed E-state index contributed by atoms with van der Waals surface area (Å²) in [6.45, 7) is 0. The summed E-state index contributed by atoms with van der Waals surface area (Å²) < 4.78 is 1.01. The van der Waals surface area contributed by atoms with Crippen molar-refractivity contribution in [1.82, 2.24) is 4.98 Å². The van der Waals surface area contributed by atoms with E-state index in [1.165, 1.54) is 0 Å². The summed E-state index contributed by atoms with van der Waals surface area (Å²) in [5.74, 6) is 0.568. The van der Waals surface area contributed by atoms with Gasteiger partial charge in [0.15, 0.2) is 0 Å². The molecule has 1 aromatic heterocycles. The minimum atomic E-state index is 0.136. The van der Waals surface area contributed by atoms with Crippen molar-refractivity contribution >= 4 is 27.5 Å². The number of carbonyl (C=O) groups is 1. The molecule has 0 aliphatic heterocycles. The third-order valence-corrected chi connectivity index (χ3v) is 3.16. The number of halogens is 1. The van der Waals surface area contributed by atoms with E-state index in [4.69, 9.17) is 5.73 Å². The summed E-state index contributed by atoms with van der Waals surface area (Å²) in [4.78, 5) is 15.9. The lowest BCUT2D eigenvalue weighted by Gasteiger charge is -2.04. The molecule has 0 saturated carbocycles. The first-order valence-corrected chi connectivity index (χ1v) is 6.40. The fourth-order valence-electron chi connectivity index (χ4n) is 1.71. The molecule has 0 fully saturated rings. The first-order chi connectivity index (χ1) is 8.65. The highest BCUT2D eigenvalue weighted by Gasteiger charge is 2.08. The fraction of sp³-hybridized carbons (Fsp3) is 0.143. The Morgan fingerprint density at radius 2 is 1.89 bits per heavy atom. The summed E-state index contributed by atoms with van der Waals surface area (Å²) in [5, 5.41) is 0. The molecule has 1 heterocycles. The molecule has 0 amide bonds. The molecule has 2 N–H and O–H groups in total. The van der Waals surface area contributed by atoms with Gasteiger partial charge in [0.25, 0.3) is 0 Å². The molecule has 0 aliphatic rings. The van der Waals surface area contributed by atoms with Gasteiger partial charge in [0.05, 0.1) is 0 Å². The Morgan fingerprint density at radius 1 is 1.17 bits per heavy atom. The molecule has 0 spiro atoms. The number of hydrogen-bond acceptors (Lipinski definition) is 3. The van der Waals surface area contributed by atoms with Gasteiger partial charge in [0.2, 0.25) is 0 Å². The van der Waals surface area contributed by atoms with Crippen molar-refractivity contribution in [3.8, 4) is 0 Å². The average Bonchev–Trinajstić information content (AvgIpc) is 2.35. The van der Waals surface area contributed by atoms with Gasteiger partial charge in [-0.25, -0.2) is 4.98 Å². The molecule has 0 unspecified atom stereocenters. The average molecular weight is 305 g/mol. The maximum atomic E-state index is 11.9. The third-order valence-electron chi connectivity index (χ3n) is 2.63. The van der Waals surface area contributed by atoms with Crippen LogP contribution in [0.25, 0.3) is 0 Å². The Labute approximate surface area is 114 Å². The lowest BCUT2D eigenvalue weighted by atomic mass is 10.0. The van der Waals surface area contributed by atoms with Crippen LogP contribution < -0.4 is 5.73 Å². The molecular weight excluding hydrogens is 292 g/mol. The van der Waals surface area contributed by atoms with Crippen LogP contribution in [0.5, 0.6) is 0 Å². The molecule has 2 aromatic rings. The van der Waals surface area contributed by atoms with Gasteiger partial charge < -0.3 is 5.73 Å².